The Hall–Kier alpha value is -4.78. The zero-order chi connectivity index (χ0) is 24.1. The van der Waals surface area contributed by atoms with Crippen molar-refractivity contribution >= 4 is 34.0 Å². The SMILES string of the molecule is COc1ccc(-n2nnc3c4c(c(Nc5ccc(C)cc5)cc32)C(=O)c2ccccc2C4=O)cc1. The molecule has 1 aromatic heterocycles. The summed E-state index contributed by atoms with van der Waals surface area (Å²) in [5, 5.41) is 12.0. The first-order chi connectivity index (χ1) is 17.0. The maximum atomic E-state index is 13.7. The highest BCUT2D eigenvalue weighted by Gasteiger charge is 2.35. The number of benzene rings is 4. The van der Waals surface area contributed by atoms with Crippen molar-refractivity contribution in [2.45, 2.75) is 6.92 Å². The van der Waals surface area contributed by atoms with Gasteiger partial charge >= 0.3 is 0 Å². The summed E-state index contributed by atoms with van der Waals surface area (Å²) in [6.45, 7) is 2.01. The van der Waals surface area contributed by atoms with E-state index < -0.39 is 0 Å². The fourth-order valence-corrected chi connectivity index (χ4v) is 4.47. The smallest absolute Gasteiger partial charge is 0.196 e. The van der Waals surface area contributed by atoms with Gasteiger partial charge in [0.2, 0.25) is 0 Å². The first kappa shape index (κ1) is 20.8. The maximum Gasteiger partial charge on any atom is 0.196 e. The van der Waals surface area contributed by atoms with Gasteiger partial charge in [0.25, 0.3) is 0 Å². The number of carbonyl (C=O) groups excluding carboxylic acids is 2. The van der Waals surface area contributed by atoms with Crippen LogP contribution in [0.3, 0.4) is 0 Å². The Labute approximate surface area is 201 Å². The van der Waals surface area contributed by atoms with E-state index in [2.05, 4.69) is 15.6 Å². The number of fused-ring (bicyclic) bond motifs is 4. The van der Waals surface area contributed by atoms with Gasteiger partial charge in [-0.25, -0.2) is 4.68 Å². The highest BCUT2D eigenvalue weighted by atomic mass is 16.5. The van der Waals surface area contributed by atoms with Crippen LogP contribution >= 0.6 is 0 Å². The van der Waals surface area contributed by atoms with Gasteiger partial charge in [0.1, 0.15) is 11.3 Å². The molecule has 35 heavy (non-hydrogen) atoms. The summed E-state index contributed by atoms with van der Waals surface area (Å²) in [7, 11) is 1.61. The lowest BCUT2D eigenvalue weighted by Crippen LogP contribution is -2.22. The Bertz CT molecular complexity index is 1630. The van der Waals surface area contributed by atoms with E-state index in [1.165, 1.54) is 0 Å². The molecule has 1 aliphatic carbocycles. The van der Waals surface area contributed by atoms with Gasteiger partial charge in [0.05, 0.1) is 35.1 Å². The Balaban J connectivity index is 1.61. The number of ether oxygens (including phenoxy) is 1. The van der Waals surface area contributed by atoms with Crippen LogP contribution in [0, 0.1) is 6.92 Å². The normalized spacial score (nSPS) is 12.4. The van der Waals surface area contributed by atoms with Gasteiger partial charge in [0.15, 0.2) is 11.6 Å². The second-order valence-electron chi connectivity index (χ2n) is 8.44. The number of hydrogen-bond donors (Lipinski definition) is 1. The van der Waals surface area contributed by atoms with Gasteiger partial charge in [-0.2, -0.15) is 0 Å². The molecule has 0 aliphatic heterocycles. The molecule has 0 amide bonds. The number of hydrogen-bond acceptors (Lipinski definition) is 6. The Morgan fingerprint density at radius 2 is 1.49 bits per heavy atom. The molecule has 0 bridgehead atoms. The number of rotatable bonds is 4. The van der Waals surface area contributed by atoms with Crippen LogP contribution in [0.1, 0.15) is 37.4 Å². The van der Waals surface area contributed by atoms with Crippen molar-refractivity contribution in [3.63, 3.8) is 0 Å². The summed E-state index contributed by atoms with van der Waals surface area (Å²) in [5.41, 5.74) is 5.54. The molecule has 170 valence electrons. The molecule has 0 spiro atoms. The van der Waals surface area contributed by atoms with Gasteiger partial charge in [-0.05, 0) is 49.4 Å². The Morgan fingerprint density at radius 3 is 2.14 bits per heavy atom. The molecule has 0 unspecified atom stereocenters. The van der Waals surface area contributed by atoms with E-state index in [9.17, 15) is 9.59 Å². The number of anilines is 2. The second kappa shape index (κ2) is 7.92. The van der Waals surface area contributed by atoms with Crippen molar-refractivity contribution in [3.05, 3.63) is 107 Å². The van der Waals surface area contributed by atoms with Crippen LogP contribution < -0.4 is 10.1 Å². The number of methoxy groups -OCH3 is 1. The molecule has 7 heteroatoms. The van der Waals surface area contributed by atoms with Crippen molar-refractivity contribution in [1.82, 2.24) is 15.0 Å². The number of aromatic nitrogens is 3. The molecular formula is C28H20N4O3. The van der Waals surface area contributed by atoms with Gasteiger partial charge in [-0.15, -0.1) is 5.10 Å². The molecule has 1 N–H and O–H groups in total. The van der Waals surface area contributed by atoms with Crippen LogP contribution in [-0.2, 0) is 0 Å². The average molecular weight is 460 g/mol. The fourth-order valence-electron chi connectivity index (χ4n) is 4.47. The second-order valence-corrected chi connectivity index (χ2v) is 8.44. The molecule has 0 atom stereocenters. The lowest BCUT2D eigenvalue weighted by molar-refractivity contribution is 0.0981. The summed E-state index contributed by atoms with van der Waals surface area (Å²) in [6, 6.07) is 24.0. The highest BCUT2D eigenvalue weighted by molar-refractivity contribution is 6.33. The highest BCUT2D eigenvalue weighted by Crippen LogP contribution is 2.38. The summed E-state index contributed by atoms with van der Waals surface area (Å²) >= 11 is 0. The van der Waals surface area contributed by atoms with E-state index in [1.54, 1.807) is 36.1 Å². The maximum absolute atomic E-state index is 13.7. The number of nitrogens with zero attached hydrogens (tertiary/aromatic N) is 3. The monoisotopic (exact) mass is 460 g/mol. The van der Waals surface area contributed by atoms with Gasteiger partial charge in [0, 0.05) is 16.8 Å². The lowest BCUT2D eigenvalue weighted by Gasteiger charge is -2.21. The predicted octanol–water partition coefficient (Wildman–Crippen LogP) is 5.26. The molecule has 7 nitrogen and oxygen atoms in total. The van der Waals surface area contributed by atoms with Crippen molar-refractivity contribution in [1.29, 1.82) is 0 Å². The van der Waals surface area contributed by atoms with Crippen LogP contribution in [-0.4, -0.2) is 33.7 Å². The third-order valence-electron chi connectivity index (χ3n) is 6.26. The van der Waals surface area contributed by atoms with Crippen molar-refractivity contribution in [2.24, 2.45) is 0 Å². The van der Waals surface area contributed by atoms with Gasteiger partial charge < -0.3 is 10.1 Å². The number of carbonyl (C=O) groups is 2. The number of ketones is 2. The first-order valence-corrected chi connectivity index (χ1v) is 11.1. The van der Waals surface area contributed by atoms with Gasteiger partial charge in [-0.3, -0.25) is 9.59 Å². The molecule has 0 saturated carbocycles. The fraction of sp³-hybridized carbons (Fsp3) is 0.0714. The first-order valence-electron chi connectivity index (χ1n) is 11.1. The molecule has 1 aliphatic rings. The average Bonchev–Trinajstić information content (AvgIpc) is 3.31. The van der Waals surface area contributed by atoms with Crippen molar-refractivity contribution < 1.29 is 14.3 Å². The lowest BCUT2D eigenvalue weighted by atomic mass is 9.82. The minimum atomic E-state index is -0.241. The predicted molar refractivity (Wildman–Crippen MR) is 133 cm³/mol. The molecule has 0 fully saturated rings. The molecule has 1 heterocycles. The van der Waals surface area contributed by atoms with Gasteiger partial charge in [-0.1, -0.05) is 47.2 Å². The van der Waals surface area contributed by atoms with E-state index >= 15 is 0 Å². The topological polar surface area (TPSA) is 86.1 Å². The zero-order valence-electron chi connectivity index (χ0n) is 19.1. The van der Waals surface area contributed by atoms with E-state index in [0.717, 1.165) is 22.7 Å². The van der Waals surface area contributed by atoms with Crippen molar-refractivity contribution in [2.75, 3.05) is 12.4 Å². The molecule has 6 rings (SSSR count). The van der Waals surface area contributed by atoms with Crippen LogP contribution in [0.4, 0.5) is 11.4 Å². The zero-order valence-corrected chi connectivity index (χ0v) is 19.1. The number of nitrogens with one attached hydrogen (secondary N) is 1. The largest absolute Gasteiger partial charge is 0.497 e. The van der Waals surface area contributed by atoms with Crippen LogP contribution in [0.15, 0.2) is 78.9 Å². The summed E-state index contributed by atoms with van der Waals surface area (Å²) < 4.78 is 6.92. The van der Waals surface area contributed by atoms with Crippen molar-refractivity contribution in [3.8, 4) is 11.4 Å². The molecular weight excluding hydrogens is 440 g/mol. The van der Waals surface area contributed by atoms with E-state index in [4.69, 9.17) is 4.74 Å². The van der Waals surface area contributed by atoms with E-state index in [-0.39, 0.29) is 17.1 Å². The Morgan fingerprint density at radius 1 is 0.829 bits per heavy atom. The molecule has 0 radical (unpaired) electrons. The quantitative estimate of drug-likeness (QED) is 0.386. The standard InChI is InChI=1S/C28H20N4O3/c1-16-7-9-17(10-8-16)29-22-15-23-26(30-31-32(23)18-11-13-19(35-2)14-12-18)25-24(22)27(33)20-5-3-4-6-21(20)28(25)34/h3-15,29H,1-2H3. The van der Waals surface area contributed by atoms with Crippen LogP contribution in [0.2, 0.25) is 0 Å². The molecule has 4 aromatic carbocycles. The third kappa shape index (κ3) is 3.28. The van der Waals surface area contributed by atoms with E-state index in [1.807, 2.05) is 61.5 Å². The summed E-state index contributed by atoms with van der Waals surface area (Å²) in [5.74, 6) is 0.259. The minimum absolute atomic E-state index is 0.217. The third-order valence-corrected chi connectivity index (χ3v) is 6.26. The summed E-state index contributed by atoms with van der Waals surface area (Å²) in [6.07, 6.45) is 0. The Kier molecular flexibility index (Phi) is 4.70. The van der Waals surface area contributed by atoms with Crippen LogP contribution in [0.5, 0.6) is 5.75 Å². The minimum Gasteiger partial charge on any atom is -0.497 e. The van der Waals surface area contributed by atoms with E-state index in [0.29, 0.717) is 33.4 Å². The number of aryl methyl sites for hydroxylation is 1. The molecule has 5 aromatic rings. The summed E-state index contributed by atoms with van der Waals surface area (Å²) in [4.78, 5) is 27.3. The molecule has 0 saturated heterocycles. The van der Waals surface area contributed by atoms with Crippen LogP contribution in [0.25, 0.3) is 16.7 Å².